The molecular formula is C5H14N2OSi. The minimum Gasteiger partial charge on any atom is -0.381 e. The molecule has 0 aliphatic carbocycles. The topological polar surface area (TPSA) is 47.3 Å². The molecule has 1 saturated heterocycles. The van der Waals surface area contributed by atoms with Crippen LogP contribution in [0.3, 0.4) is 0 Å². The van der Waals surface area contributed by atoms with Crippen LogP contribution < -0.4 is 10.9 Å². The van der Waals surface area contributed by atoms with E-state index < -0.39 is 0 Å². The van der Waals surface area contributed by atoms with Crippen LogP contribution in [0.15, 0.2) is 0 Å². The highest BCUT2D eigenvalue weighted by molar-refractivity contribution is 6.33. The summed E-state index contributed by atoms with van der Waals surface area (Å²) in [5, 5.41) is 2.75. The van der Waals surface area contributed by atoms with Crippen molar-refractivity contribution in [3.8, 4) is 0 Å². The highest BCUT2D eigenvalue weighted by Gasteiger charge is 2.12. The van der Waals surface area contributed by atoms with Crippen LogP contribution in [-0.2, 0) is 4.74 Å². The maximum atomic E-state index is 5.44. The van der Waals surface area contributed by atoms with Crippen LogP contribution in [0, 0.1) is 0 Å². The summed E-state index contributed by atoms with van der Waals surface area (Å²) in [6.07, 6.45) is 3.77. The van der Waals surface area contributed by atoms with Crippen molar-refractivity contribution in [2.45, 2.75) is 25.0 Å². The number of hydrogen-bond donors (Lipinski definition) is 2. The van der Waals surface area contributed by atoms with E-state index in [4.69, 9.17) is 10.6 Å². The van der Waals surface area contributed by atoms with Gasteiger partial charge in [-0.05, 0) is 19.3 Å². The van der Waals surface area contributed by atoms with Gasteiger partial charge in [0.05, 0.1) is 5.73 Å². The van der Waals surface area contributed by atoms with Gasteiger partial charge in [-0.3, -0.25) is 10.9 Å². The third-order valence-electron chi connectivity index (χ3n) is 1.62. The molecule has 1 aliphatic rings. The molecule has 3 N–H and O–H groups in total. The van der Waals surface area contributed by atoms with Crippen molar-refractivity contribution >= 4 is 9.68 Å². The second-order valence-electron chi connectivity index (χ2n) is 2.40. The molecule has 4 heteroatoms. The third-order valence-corrected chi connectivity index (χ3v) is 2.95. The SMILES string of the molecule is NN[SiH2]C1CCCCO1. The van der Waals surface area contributed by atoms with Crippen molar-refractivity contribution in [1.82, 2.24) is 5.09 Å². The Kier molecular flexibility index (Phi) is 3.20. The van der Waals surface area contributed by atoms with Gasteiger partial charge in [0.2, 0.25) is 0 Å². The fraction of sp³-hybridized carbons (Fsp3) is 1.00. The fourth-order valence-corrected chi connectivity index (χ4v) is 2.14. The monoisotopic (exact) mass is 146 g/mol. The summed E-state index contributed by atoms with van der Waals surface area (Å²) in [5.41, 5.74) is 0.503. The van der Waals surface area contributed by atoms with E-state index in [-0.39, 0.29) is 9.68 Å². The smallest absolute Gasteiger partial charge is 0.141 e. The van der Waals surface area contributed by atoms with Crippen LogP contribution in [-0.4, -0.2) is 22.0 Å². The zero-order valence-electron chi connectivity index (χ0n) is 5.60. The normalized spacial score (nSPS) is 29.7. The third kappa shape index (κ3) is 2.44. The van der Waals surface area contributed by atoms with E-state index in [0.29, 0.717) is 5.73 Å². The molecule has 0 radical (unpaired) electrons. The van der Waals surface area contributed by atoms with Crippen LogP contribution in [0.5, 0.6) is 0 Å². The molecule has 0 aromatic carbocycles. The summed E-state index contributed by atoms with van der Waals surface area (Å²) in [6.45, 7) is 0.944. The Morgan fingerprint density at radius 1 is 1.56 bits per heavy atom. The average molecular weight is 146 g/mol. The lowest BCUT2D eigenvalue weighted by Gasteiger charge is -2.21. The largest absolute Gasteiger partial charge is 0.381 e. The molecule has 0 aromatic heterocycles. The predicted octanol–water partition coefficient (Wildman–Crippen LogP) is -0.940. The highest BCUT2D eigenvalue weighted by atomic mass is 28.2. The van der Waals surface area contributed by atoms with Crippen molar-refractivity contribution < 1.29 is 4.74 Å². The second-order valence-corrected chi connectivity index (χ2v) is 4.12. The first-order valence-corrected chi connectivity index (χ1v) is 5.01. The number of rotatable bonds is 2. The van der Waals surface area contributed by atoms with Crippen molar-refractivity contribution in [3.63, 3.8) is 0 Å². The van der Waals surface area contributed by atoms with Gasteiger partial charge in [-0.2, -0.15) is 0 Å². The molecule has 1 fully saturated rings. The molecule has 3 nitrogen and oxygen atoms in total. The summed E-state index contributed by atoms with van der Waals surface area (Å²) in [5.74, 6) is 5.19. The summed E-state index contributed by atoms with van der Waals surface area (Å²) < 4.78 is 5.44. The van der Waals surface area contributed by atoms with Gasteiger partial charge in [0.1, 0.15) is 9.68 Å². The van der Waals surface area contributed by atoms with E-state index in [0.717, 1.165) is 6.61 Å². The molecule has 9 heavy (non-hydrogen) atoms. The predicted molar refractivity (Wildman–Crippen MR) is 39.5 cm³/mol. The summed E-state index contributed by atoms with van der Waals surface area (Å²) in [6, 6.07) is 0. The minimum absolute atomic E-state index is 0.319. The fourth-order valence-electron chi connectivity index (χ4n) is 1.10. The molecule has 0 spiro atoms. The maximum Gasteiger partial charge on any atom is 0.141 e. The molecule has 0 saturated carbocycles. The Morgan fingerprint density at radius 3 is 3.00 bits per heavy atom. The van der Waals surface area contributed by atoms with Crippen LogP contribution in [0.1, 0.15) is 19.3 Å². The molecular weight excluding hydrogens is 132 g/mol. The lowest BCUT2D eigenvalue weighted by molar-refractivity contribution is 0.0642. The Balaban J connectivity index is 2.08. The minimum atomic E-state index is -0.319. The van der Waals surface area contributed by atoms with Gasteiger partial charge in [-0.1, -0.05) is 0 Å². The van der Waals surface area contributed by atoms with E-state index in [1.54, 1.807) is 0 Å². The highest BCUT2D eigenvalue weighted by Crippen LogP contribution is 2.09. The van der Waals surface area contributed by atoms with Gasteiger partial charge in [0, 0.05) is 6.61 Å². The van der Waals surface area contributed by atoms with E-state index in [1.807, 2.05) is 0 Å². The van der Waals surface area contributed by atoms with Crippen molar-refractivity contribution in [1.29, 1.82) is 0 Å². The van der Waals surface area contributed by atoms with Gasteiger partial charge in [-0.25, -0.2) is 0 Å². The Hall–Kier alpha value is 0.0969. The van der Waals surface area contributed by atoms with Gasteiger partial charge in [-0.15, -0.1) is 0 Å². The molecule has 0 amide bonds. The summed E-state index contributed by atoms with van der Waals surface area (Å²) >= 11 is 0. The van der Waals surface area contributed by atoms with Crippen molar-refractivity contribution in [3.05, 3.63) is 0 Å². The first-order chi connectivity index (χ1) is 4.43. The first-order valence-electron chi connectivity index (χ1n) is 3.48. The van der Waals surface area contributed by atoms with Gasteiger partial charge >= 0.3 is 0 Å². The van der Waals surface area contributed by atoms with Crippen molar-refractivity contribution in [2.24, 2.45) is 5.84 Å². The lowest BCUT2D eigenvalue weighted by Crippen LogP contribution is -2.39. The zero-order chi connectivity index (χ0) is 6.53. The van der Waals surface area contributed by atoms with E-state index >= 15 is 0 Å². The second kappa shape index (κ2) is 4.00. The van der Waals surface area contributed by atoms with Crippen molar-refractivity contribution in [2.75, 3.05) is 6.61 Å². The number of nitrogens with two attached hydrogens (primary N) is 1. The summed E-state index contributed by atoms with van der Waals surface area (Å²) in [4.78, 5) is 0. The molecule has 1 unspecified atom stereocenters. The zero-order valence-corrected chi connectivity index (χ0v) is 7.01. The quantitative estimate of drug-likeness (QED) is 0.300. The molecule has 54 valence electrons. The maximum absolute atomic E-state index is 5.44. The number of hydrazine groups is 1. The van der Waals surface area contributed by atoms with Crippen LogP contribution in [0.4, 0.5) is 0 Å². The molecule has 1 heterocycles. The van der Waals surface area contributed by atoms with E-state index in [9.17, 15) is 0 Å². The first kappa shape index (κ1) is 7.21. The Bertz CT molecular complexity index is 72.6. The standard InChI is InChI=1S/C5H14N2OSi/c6-7-9-5-3-1-2-4-8-5/h5,7H,1-4,6,9H2. The number of ether oxygens (including phenoxy) is 1. The van der Waals surface area contributed by atoms with E-state index in [2.05, 4.69) is 5.09 Å². The Labute approximate surface area is 57.8 Å². The van der Waals surface area contributed by atoms with Crippen LogP contribution >= 0.6 is 0 Å². The average Bonchev–Trinajstić information content (AvgIpc) is 1.91. The van der Waals surface area contributed by atoms with E-state index in [1.165, 1.54) is 19.3 Å². The molecule has 1 rings (SSSR count). The van der Waals surface area contributed by atoms with Gasteiger partial charge in [0.15, 0.2) is 0 Å². The molecule has 0 bridgehead atoms. The van der Waals surface area contributed by atoms with Crippen LogP contribution in [0.2, 0.25) is 0 Å². The number of hydrogen-bond acceptors (Lipinski definition) is 3. The number of nitrogens with one attached hydrogen (secondary N) is 1. The summed E-state index contributed by atoms with van der Waals surface area (Å²) in [7, 11) is -0.319. The van der Waals surface area contributed by atoms with Gasteiger partial charge < -0.3 is 4.74 Å². The molecule has 1 atom stereocenters. The molecule has 1 aliphatic heterocycles. The lowest BCUT2D eigenvalue weighted by atomic mass is 10.2. The van der Waals surface area contributed by atoms with Gasteiger partial charge in [0.25, 0.3) is 0 Å². The Morgan fingerprint density at radius 2 is 2.44 bits per heavy atom. The molecule has 0 aromatic rings. The van der Waals surface area contributed by atoms with Crippen LogP contribution in [0.25, 0.3) is 0 Å².